The molecule has 1 rings (SSSR count). The van der Waals surface area contributed by atoms with Gasteiger partial charge in [-0.3, -0.25) is 20.2 Å². The molecule has 0 saturated heterocycles. The molecule has 0 spiro atoms. The number of aromatic hydroxyl groups is 1. The van der Waals surface area contributed by atoms with Crippen LogP contribution in [0.1, 0.15) is 0 Å². The summed E-state index contributed by atoms with van der Waals surface area (Å²) in [5.74, 6) is -0.941. The van der Waals surface area contributed by atoms with Gasteiger partial charge in [-0.1, -0.05) is 15.9 Å². The molecule has 0 saturated carbocycles. The molecule has 0 fully saturated rings. The van der Waals surface area contributed by atoms with Gasteiger partial charge in [-0.05, 0) is 0 Å². The van der Waals surface area contributed by atoms with Crippen molar-refractivity contribution in [1.82, 2.24) is 0 Å². The van der Waals surface area contributed by atoms with Crippen LogP contribution in [-0.2, 0) is 0 Å². The van der Waals surface area contributed by atoms with E-state index in [1.54, 1.807) is 0 Å². The molecule has 0 aliphatic rings. The Hall–Kier alpha value is -1.70. The summed E-state index contributed by atoms with van der Waals surface area (Å²) in [6.45, 7) is 0. The molecule has 0 aliphatic heterocycles. The van der Waals surface area contributed by atoms with Crippen LogP contribution in [-0.4, -0.2) is 15.0 Å². The molecule has 0 bridgehead atoms. The minimum absolute atomic E-state index is 0.161. The van der Waals surface area contributed by atoms with Crippen molar-refractivity contribution < 1.29 is 15.0 Å². The van der Waals surface area contributed by atoms with Gasteiger partial charge in [-0.2, -0.15) is 0 Å². The number of phenolic OH excluding ortho intramolecular Hbond substituents is 1. The van der Waals surface area contributed by atoms with Crippen molar-refractivity contribution in [3.8, 4) is 5.75 Å². The summed E-state index contributed by atoms with van der Waals surface area (Å²) < 4.78 is 0.161. The number of nitro benzene ring substituents is 2. The molecule has 1 aromatic rings. The van der Waals surface area contributed by atoms with Crippen LogP contribution >= 0.6 is 15.9 Å². The molecule has 7 nitrogen and oxygen atoms in total. The van der Waals surface area contributed by atoms with Crippen LogP contribution in [0.2, 0.25) is 0 Å². The SMILES string of the molecule is O=[N+]([O-])c1cc(Br)cc([N+](=O)[O-])c1O. The summed E-state index contributed by atoms with van der Waals surface area (Å²) in [5, 5.41) is 29.9. The van der Waals surface area contributed by atoms with E-state index in [9.17, 15) is 20.2 Å². The third-order valence-electron chi connectivity index (χ3n) is 1.43. The molecule has 74 valence electrons. The summed E-state index contributed by atoms with van der Waals surface area (Å²) in [5.41, 5.74) is -1.41. The van der Waals surface area contributed by atoms with E-state index >= 15 is 0 Å². The van der Waals surface area contributed by atoms with Crippen molar-refractivity contribution in [3.63, 3.8) is 0 Å². The lowest BCUT2D eigenvalue weighted by Crippen LogP contribution is -1.94. The molecule has 0 unspecified atom stereocenters. The number of hydrogen-bond acceptors (Lipinski definition) is 5. The van der Waals surface area contributed by atoms with Gasteiger partial charge in [0.2, 0.25) is 0 Å². The monoisotopic (exact) mass is 262 g/mol. The molecule has 0 amide bonds. The molecule has 14 heavy (non-hydrogen) atoms. The van der Waals surface area contributed by atoms with Crippen molar-refractivity contribution in [2.24, 2.45) is 0 Å². The summed E-state index contributed by atoms with van der Waals surface area (Å²) >= 11 is 2.86. The van der Waals surface area contributed by atoms with E-state index in [0.29, 0.717) is 0 Å². The van der Waals surface area contributed by atoms with Crippen LogP contribution in [0.3, 0.4) is 0 Å². The smallest absolute Gasteiger partial charge is 0.319 e. The van der Waals surface area contributed by atoms with Gasteiger partial charge in [-0.15, -0.1) is 0 Å². The number of halogens is 1. The quantitative estimate of drug-likeness (QED) is 0.648. The van der Waals surface area contributed by atoms with Gasteiger partial charge in [0.15, 0.2) is 0 Å². The Morgan fingerprint density at radius 2 is 1.50 bits per heavy atom. The van der Waals surface area contributed by atoms with E-state index in [2.05, 4.69) is 15.9 Å². The van der Waals surface area contributed by atoms with Gasteiger partial charge < -0.3 is 5.11 Å². The lowest BCUT2D eigenvalue weighted by atomic mass is 10.2. The van der Waals surface area contributed by atoms with Crippen LogP contribution < -0.4 is 0 Å². The maximum Gasteiger partial charge on any atom is 0.319 e. The average molecular weight is 263 g/mol. The Morgan fingerprint density at radius 3 is 1.79 bits per heavy atom. The van der Waals surface area contributed by atoms with Crippen LogP contribution in [0.25, 0.3) is 0 Å². The fourth-order valence-corrected chi connectivity index (χ4v) is 1.28. The number of nitro groups is 2. The van der Waals surface area contributed by atoms with Crippen molar-refractivity contribution in [2.45, 2.75) is 0 Å². The van der Waals surface area contributed by atoms with Crippen LogP contribution in [0.5, 0.6) is 5.75 Å². The summed E-state index contributed by atoms with van der Waals surface area (Å²) in [7, 11) is 0. The highest BCUT2D eigenvalue weighted by Crippen LogP contribution is 2.38. The molecule has 0 heterocycles. The second kappa shape index (κ2) is 3.58. The van der Waals surface area contributed by atoms with E-state index in [4.69, 9.17) is 5.11 Å². The Morgan fingerprint density at radius 1 is 1.14 bits per heavy atom. The predicted octanol–water partition coefficient (Wildman–Crippen LogP) is 1.97. The first-order valence-electron chi connectivity index (χ1n) is 3.24. The van der Waals surface area contributed by atoms with Gasteiger partial charge in [0.25, 0.3) is 5.75 Å². The van der Waals surface area contributed by atoms with Crippen molar-refractivity contribution in [2.75, 3.05) is 0 Å². The molecule has 1 N–H and O–H groups in total. The lowest BCUT2D eigenvalue weighted by Gasteiger charge is -1.98. The Kier molecular flexibility index (Phi) is 2.65. The van der Waals surface area contributed by atoms with Crippen LogP contribution in [0, 0.1) is 20.2 Å². The van der Waals surface area contributed by atoms with Gasteiger partial charge in [0, 0.05) is 16.6 Å². The van der Waals surface area contributed by atoms with E-state index in [-0.39, 0.29) is 4.47 Å². The Balaban J connectivity index is 3.47. The van der Waals surface area contributed by atoms with Gasteiger partial charge in [-0.25, -0.2) is 0 Å². The highest BCUT2D eigenvalue weighted by atomic mass is 79.9. The molecule has 0 atom stereocenters. The zero-order chi connectivity index (χ0) is 10.9. The normalized spacial score (nSPS) is 9.79. The standard InChI is InChI=1S/C6H3BrN2O5/c7-3-1-4(8(11)12)6(10)5(2-3)9(13)14/h1-2,10H. The zero-order valence-electron chi connectivity index (χ0n) is 6.51. The summed E-state index contributed by atoms with van der Waals surface area (Å²) in [6.07, 6.45) is 0. The van der Waals surface area contributed by atoms with E-state index in [1.807, 2.05) is 0 Å². The minimum Gasteiger partial charge on any atom is -0.497 e. The van der Waals surface area contributed by atoms with Gasteiger partial charge >= 0.3 is 11.4 Å². The van der Waals surface area contributed by atoms with Crippen LogP contribution in [0.15, 0.2) is 16.6 Å². The highest BCUT2D eigenvalue weighted by molar-refractivity contribution is 9.10. The number of hydrogen-bond donors (Lipinski definition) is 1. The van der Waals surface area contributed by atoms with Gasteiger partial charge in [0.05, 0.1) is 9.85 Å². The second-order valence-corrected chi connectivity index (χ2v) is 3.22. The zero-order valence-corrected chi connectivity index (χ0v) is 8.09. The maximum absolute atomic E-state index is 10.4. The maximum atomic E-state index is 10.4. The predicted molar refractivity (Wildman–Crippen MR) is 49.1 cm³/mol. The Labute approximate surface area is 85.4 Å². The molecular formula is C6H3BrN2O5. The Bertz CT molecular complexity index is 384. The van der Waals surface area contributed by atoms with E-state index < -0.39 is 27.0 Å². The highest BCUT2D eigenvalue weighted by Gasteiger charge is 2.25. The van der Waals surface area contributed by atoms with E-state index in [0.717, 1.165) is 12.1 Å². The first-order chi connectivity index (χ1) is 6.43. The molecule has 8 heteroatoms. The van der Waals surface area contributed by atoms with Crippen molar-refractivity contribution in [1.29, 1.82) is 0 Å². The number of nitrogens with zero attached hydrogens (tertiary/aromatic N) is 2. The van der Waals surface area contributed by atoms with E-state index in [1.165, 1.54) is 0 Å². The third-order valence-corrected chi connectivity index (χ3v) is 1.89. The third kappa shape index (κ3) is 1.79. The topological polar surface area (TPSA) is 107 Å². The summed E-state index contributed by atoms with van der Waals surface area (Å²) in [6, 6.07) is 1.98. The molecule has 0 aromatic heterocycles. The number of benzene rings is 1. The fraction of sp³-hybridized carbons (Fsp3) is 0. The van der Waals surface area contributed by atoms with Crippen molar-refractivity contribution in [3.05, 3.63) is 36.8 Å². The first-order valence-corrected chi connectivity index (χ1v) is 4.04. The lowest BCUT2D eigenvalue weighted by molar-refractivity contribution is -0.396. The van der Waals surface area contributed by atoms with Crippen molar-refractivity contribution >= 4 is 27.3 Å². The fourth-order valence-electron chi connectivity index (χ4n) is 0.849. The number of rotatable bonds is 2. The number of phenols is 1. The molecular weight excluding hydrogens is 260 g/mol. The molecule has 1 aromatic carbocycles. The largest absolute Gasteiger partial charge is 0.497 e. The minimum atomic E-state index is -0.941. The first kappa shape index (κ1) is 10.4. The summed E-state index contributed by atoms with van der Waals surface area (Å²) in [4.78, 5) is 18.9. The molecule has 0 aliphatic carbocycles. The van der Waals surface area contributed by atoms with Crippen LogP contribution in [0.4, 0.5) is 11.4 Å². The second-order valence-electron chi connectivity index (χ2n) is 2.31. The average Bonchev–Trinajstić information content (AvgIpc) is 2.07. The molecule has 0 radical (unpaired) electrons. The van der Waals surface area contributed by atoms with Gasteiger partial charge in [0.1, 0.15) is 0 Å².